The number of aromatic nitrogens is 7. The minimum atomic E-state index is -0.983. The molecule has 6 fully saturated rings. The number of carbonyl (C=O) groups is 14. The fraction of sp³-hybridized carbons (Fsp3) is 0.661. The Balaban J connectivity index is 0.000000230. The van der Waals surface area contributed by atoms with Gasteiger partial charge in [0.2, 0.25) is 17.7 Å². The number of nitrogens with zero attached hydrogens (tertiary/aromatic N) is 13. The number of esters is 3. The van der Waals surface area contributed by atoms with Crippen LogP contribution >= 0.6 is 34.0 Å². The lowest BCUT2D eigenvalue weighted by molar-refractivity contribution is -0.150. The maximum absolute atomic E-state index is 14.1. The first-order chi connectivity index (χ1) is 71.1. The highest BCUT2D eigenvalue weighted by Gasteiger charge is 2.48. The van der Waals surface area contributed by atoms with Gasteiger partial charge in [-0.2, -0.15) is 0 Å². The monoisotopic (exact) mass is 2140 g/mol. The molecular formula is C109H158N16O22S3. The predicted octanol–water partition coefficient (Wildman–Crippen LogP) is 12.3. The quantitative estimate of drug-likeness (QED) is 0.0175. The second-order valence-electron chi connectivity index (χ2n) is 43.1. The molecule has 0 spiro atoms. The third kappa shape index (κ3) is 37.0. The van der Waals surface area contributed by atoms with Crippen molar-refractivity contribution in [3.8, 4) is 0 Å². The summed E-state index contributed by atoms with van der Waals surface area (Å²) in [5.74, 6) is -5.69. The maximum Gasteiger partial charge on any atom is 0.306 e. The average Bonchev–Trinajstić information content (AvgIpc) is 1.65. The predicted molar refractivity (Wildman–Crippen MR) is 564 cm³/mol. The van der Waals surface area contributed by atoms with Crippen molar-refractivity contribution in [1.29, 1.82) is 0 Å². The second-order valence-corrected chi connectivity index (χ2v) is 45.8. The van der Waals surface area contributed by atoms with Crippen LogP contribution in [0.4, 0.5) is 0 Å². The van der Waals surface area contributed by atoms with Crippen LogP contribution in [-0.2, 0) is 100 Å². The van der Waals surface area contributed by atoms with Gasteiger partial charge in [-0.3, -0.25) is 81.8 Å². The third-order valence-corrected chi connectivity index (χ3v) is 31.9. The van der Waals surface area contributed by atoms with Crippen molar-refractivity contribution >= 4 is 117 Å². The molecule has 6 aromatic rings. The van der Waals surface area contributed by atoms with Gasteiger partial charge < -0.3 is 69.3 Å². The van der Waals surface area contributed by atoms with E-state index in [9.17, 15) is 77.3 Å². The molecule has 3 aliphatic carbocycles. The molecule has 0 bridgehead atoms. The van der Waals surface area contributed by atoms with Crippen molar-refractivity contribution in [1.82, 2.24) is 80.2 Å². The Labute approximate surface area is 893 Å². The minimum Gasteiger partial charge on any atom is -0.481 e. The number of carboxylic acids is 2. The molecule has 38 nitrogen and oxygen atoms in total. The van der Waals surface area contributed by atoms with Crippen LogP contribution in [-0.4, -0.2) is 313 Å². The highest BCUT2D eigenvalue weighted by molar-refractivity contribution is 7.10. The van der Waals surface area contributed by atoms with Crippen LogP contribution in [0, 0.1) is 84.9 Å². The first kappa shape index (κ1) is 121. The molecule has 41 heteroatoms. The van der Waals surface area contributed by atoms with Crippen LogP contribution in [0.1, 0.15) is 279 Å². The number of ether oxygens (including phenoxy) is 6. The normalized spacial score (nSPS) is 19.4. The number of carboxylic acid groups (broad SMARTS) is 2. The van der Waals surface area contributed by atoms with E-state index < -0.39 is 102 Å². The number of aryl methyl sites for hydroxylation is 2. The molecule has 3 aliphatic heterocycles. The van der Waals surface area contributed by atoms with Gasteiger partial charge in [0.05, 0.1) is 69.6 Å². The van der Waals surface area contributed by atoms with Crippen molar-refractivity contribution in [2.75, 3.05) is 102 Å². The molecule has 17 atom stereocenters. The number of morpholine rings is 3. The van der Waals surface area contributed by atoms with Crippen molar-refractivity contribution < 1.29 is 106 Å². The number of likely N-dealkylation sites (N-methyl/N-ethyl adjacent to an activating group) is 3. The maximum atomic E-state index is 14.1. The number of amides is 6. The summed E-state index contributed by atoms with van der Waals surface area (Å²) in [6, 6.07) is 6.34. The number of hydrogen-bond donors (Lipinski definition) is 5. The molecular weight excluding hydrogens is 1980 g/mol. The number of Topliss-reactive ketones (excluding diaryl/α,β-unsaturated/α-hetero) is 3. The van der Waals surface area contributed by atoms with E-state index in [2.05, 4.69) is 64.7 Å². The average molecular weight is 2140 g/mol. The first-order valence-corrected chi connectivity index (χ1v) is 55.3. The smallest absolute Gasteiger partial charge is 0.306 e. The number of thiazole rings is 3. The molecule has 8 heterocycles. The summed E-state index contributed by atoms with van der Waals surface area (Å²) >= 11 is 3.61. The van der Waals surface area contributed by atoms with Gasteiger partial charge >= 0.3 is 29.8 Å². The van der Waals surface area contributed by atoms with E-state index in [1.165, 1.54) is 54.8 Å². The van der Waals surface area contributed by atoms with Gasteiger partial charge in [-0.1, -0.05) is 99.1 Å². The number of rotatable bonds is 53. The number of nitrogens with one attached hydrogen (secondary N) is 3. The molecule has 12 rings (SSSR count). The highest BCUT2D eigenvalue weighted by Crippen LogP contribution is 2.45. The summed E-state index contributed by atoms with van der Waals surface area (Å²) in [5, 5.41) is 34.2. The van der Waals surface area contributed by atoms with Gasteiger partial charge in [0, 0.05) is 208 Å². The van der Waals surface area contributed by atoms with Crippen LogP contribution in [0.5, 0.6) is 0 Å². The SMILES string of the molecule is CC(=O)O[C@H](C[C@H](C(C)C)N(C)C(=O)[C@@H](CC(=O)[C@H]1COCCN1C)C1CC1)c1nc(C(=O)N[C@@H](Cc2ccc(C)cc2)C[C@H](C)C(=O)O)cs1.CC(=O)O[C@H](C[C@H](C(C)C)N(C)C(=O)[C@@H](CC(=O)[C@H]1COCCN1C)C1CC1)c1nc(C(=O)N[C@@H](Cc2ncc(C)cn2)C[C@H](C)C(=O)O)cs1.CC(=O)O[C@H](C[C@H](C(C)C)N(C)C(=O)[C@@H](CC(=O)[C@H]1COCCN1C)C1CC1)c1nc(C(=O)N[C@@H](Cc2ncccn2)CC(C)C)cs1. The third-order valence-electron chi connectivity index (χ3n) is 29.1. The molecule has 3 saturated heterocycles. The minimum absolute atomic E-state index is 0.00868. The molecule has 824 valence electrons. The van der Waals surface area contributed by atoms with Crippen molar-refractivity contribution in [3.63, 3.8) is 0 Å². The fourth-order valence-corrected chi connectivity index (χ4v) is 22.3. The second kappa shape index (κ2) is 57.8. The Morgan fingerprint density at radius 3 is 1.00 bits per heavy atom. The Kier molecular flexibility index (Phi) is 46.6. The molecule has 6 amide bonds. The van der Waals surface area contributed by atoms with Gasteiger partial charge in [-0.25, -0.2) is 34.9 Å². The fourth-order valence-electron chi connectivity index (χ4n) is 19.8. The van der Waals surface area contributed by atoms with E-state index in [4.69, 9.17) is 28.4 Å². The van der Waals surface area contributed by atoms with E-state index in [1.807, 2.05) is 115 Å². The molecule has 5 N–H and O–H groups in total. The molecule has 0 unspecified atom stereocenters. The van der Waals surface area contributed by atoms with E-state index in [-0.39, 0.29) is 187 Å². The molecule has 150 heavy (non-hydrogen) atoms. The molecule has 5 aromatic heterocycles. The van der Waals surface area contributed by atoms with E-state index >= 15 is 0 Å². The van der Waals surface area contributed by atoms with E-state index in [0.29, 0.717) is 111 Å². The van der Waals surface area contributed by atoms with Gasteiger partial charge in [0.25, 0.3) is 17.7 Å². The summed E-state index contributed by atoms with van der Waals surface area (Å²) in [7, 11) is 11.0. The number of aliphatic carboxylic acids is 2. The summed E-state index contributed by atoms with van der Waals surface area (Å²) in [6.45, 7) is 32.0. The zero-order valence-corrected chi connectivity index (χ0v) is 93.4. The Morgan fingerprint density at radius 2 is 0.720 bits per heavy atom. The lowest BCUT2D eigenvalue weighted by atomic mass is 9.90. The molecule has 6 aliphatic rings. The van der Waals surface area contributed by atoms with E-state index in [1.54, 1.807) is 96.7 Å². The van der Waals surface area contributed by atoms with Crippen molar-refractivity contribution in [2.45, 2.75) is 292 Å². The topological polar surface area (TPSA) is 481 Å². The van der Waals surface area contributed by atoms with Gasteiger partial charge in [-0.15, -0.1) is 34.0 Å². The first-order valence-electron chi connectivity index (χ1n) is 52.7. The van der Waals surface area contributed by atoms with Gasteiger partial charge in [0.1, 0.15) is 43.8 Å². The Morgan fingerprint density at radius 1 is 0.420 bits per heavy atom. The zero-order chi connectivity index (χ0) is 110. The van der Waals surface area contributed by atoms with Crippen LogP contribution < -0.4 is 16.0 Å². The molecule has 0 radical (unpaired) electrons. The summed E-state index contributed by atoms with van der Waals surface area (Å²) in [5.41, 5.74) is 3.42. The molecule has 1 aromatic carbocycles. The van der Waals surface area contributed by atoms with Crippen LogP contribution in [0.2, 0.25) is 0 Å². The summed E-state index contributed by atoms with van der Waals surface area (Å²) < 4.78 is 34.0. The Bertz CT molecular complexity index is 5250. The number of carbonyl (C=O) groups excluding carboxylic acids is 12. The number of benzene rings is 1. The lowest BCUT2D eigenvalue weighted by Crippen LogP contribution is -2.50. The van der Waals surface area contributed by atoms with Crippen LogP contribution in [0.15, 0.2) is 71.3 Å². The van der Waals surface area contributed by atoms with Crippen LogP contribution in [0.3, 0.4) is 0 Å². The summed E-state index contributed by atoms with van der Waals surface area (Å²) in [4.78, 5) is 225. The number of ketones is 3. The van der Waals surface area contributed by atoms with Crippen molar-refractivity contribution in [2.24, 2.45) is 71.0 Å². The number of hydrogen-bond acceptors (Lipinski definition) is 33. The highest BCUT2D eigenvalue weighted by atomic mass is 32.1. The van der Waals surface area contributed by atoms with Crippen molar-refractivity contribution in [3.05, 3.63) is 132 Å². The zero-order valence-electron chi connectivity index (χ0n) is 91.0. The van der Waals surface area contributed by atoms with Crippen LogP contribution in [0.25, 0.3) is 0 Å². The Hall–Kier alpha value is -10.8. The van der Waals surface area contributed by atoms with E-state index in [0.717, 1.165) is 61.6 Å². The lowest BCUT2D eigenvalue weighted by Gasteiger charge is -2.36. The van der Waals surface area contributed by atoms with Gasteiger partial charge in [-0.05, 0) is 158 Å². The standard InChI is InChI=1S/C38H54N4O8S.C36H52N6O8S.C35H52N6O6S/c1-22(2)31(42(7)37(46)29(27-12-13-27)18-33(44)32-20-49-15-14-41(32)6)19-34(50-25(5)43)36-40-30(21-51-36)35(45)39-28(16-24(4)38(47)48)17-26-10-8-23(3)9-11-26;1-20(2)28(42(7)35(46)26(24-8-9-24)14-30(44)29-18-49-11-10-41(29)6)15-31(50-23(5)43)34-40-27(19-51-34)33(45)39-25(12-22(4)36(47)48)13-32-37-16-21(3)17-38-32;1-21(2)15-25(16-32-36-11-8-12-37-32)38-33(44)27-20-48-34(39-27)31(47-23(5)42)18-28(22(3)4)41(7)35(45)26(24-9-10-24)17-30(43)29-19-46-14-13-40(29)6/h8-11,21-22,24,27-29,31-32,34H,12-20H2,1-7H3,(H,39,45)(H,47,48);16-17,19-20,22,24-26,28-29,31H,8-15,18H2,1-7H3,(H,39,45)(H,47,48);8,11-12,20-22,24-26,28-29,31H,9-10,13-19H2,1-7H3,(H,38,44)/t24-,28+,29-,31+,32+,34+;22-,25+,26-,28+,29+,31+;25-,26+,28-,29-,31-/m001/s1. The van der Waals surface area contributed by atoms with Gasteiger partial charge in [0.15, 0.2) is 35.7 Å². The largest absolute Gasteiger partial charge is 0.481 e. The molecule has 3 saturated carbocycles. The summed E-state index contributed by atoms with van der Waals surface area (Å²) in [6.07, 6.45) is 13.3.